The fraction of sp³-hybridized carbons (Fsp3) is 0.162. The van der Waals surface area contributed by atoms with Crippen LogP contribution in [0, 0.1) is 0 Å². The Morgan fingerprint density at radius 1 is 0.575 bits per heavy atom. The average Bonchev–Trinajstić information content (AvgIpc) is 3.04. The molecule has 0 aliphatic heterocycles. The maximum Gasteiger partial charge on any atom is 0.193 e. The van der Waals surface area contributed by atoms with Crippen LogP contribution in [0.25, 0.3) is 0 Å². The van der Waals surface area contributed by atoms with E-state index in [1.54, 1.807) is 0 Å². The third-order valence-corrected chi connectivity index (χ3v) is 8.21. The minimum atomic E-state index is -0.913. The van der Waals surface area contributed by atoms with Crippen LogP contribution in [-0.4, -0.2) is 17.7 Å². The van der Waals surface area contributed by atoms with E-state index in [9.17, 15) is 4.79 Å². The van der Waals surface area contributed by atoms with Gasteiger partial charge in [0.1, 0.15) is 0 Å². The zero-order chi connectivity index (χ0) is 28.0. The van der Waals surface area contributed by atoms with Crippen LogP contribution >= 0.6 is 0 Å². The molecule has 0 spiro atoms. The summed E-state index contributed by atoms with van der Waals surface area (Å²) in [6.07, 6.45) is 2.73. The molecule has 1 nitrogen and oxygen atoms in total. The summed E-state index contributed by atoms with van der Waals surface area (Å²) in [6, 6.07) is 52.9. The molecule has 40 heavy (non-hydrogen) atoms. The van der Waals surface area contributed by atoms with Crippen molar-refractivity contribution < 1.29 is 4.79 Å². The minimum absolute atomic E-state index is 0.171. The van der Waals surface area contributed by atoms with Crippen molar-refractivity contribution in [3.05, 3.63) is 163 Å². The molecule has 0 aromatic heterocycles. The van der Waals surface area contributed by atoms with Gasteiger partial charge in [-0.25, -0.2) is 0 Å². The molecule has 0 N–H and O–H groups in total. The van der Waals surface area contributed by atoms with Gasteiger partial charge in [-0.1, -0.05) is 171 Å². The smallest absolute Gasteiger partial charge is 0.193 e. The largest absolute Gasteiger partial charge is 0.293 e. The number of benzene rings is 5. The number of Topliss-reactive ketones (excluding diaryl/α,β-unsaturated/α-hetero) is 1. The van der Waals surface area contributed by atoms with Gasteiger partial charge in [-0.05, 0) is 23.8 Å². The fourth-order valence-corrected chi connectivity index (χ4v) is 6.09. The molecule has 0 unspecified atom stereocenters. The van der Waals surface area contributed by atoms with Crippen LogP contribution in [0.5, 0.6) is 0 Å². The standard InChI is InChI=1S/C22H24B.C15H14OS/c1-2-3-19-23(20-13-7-4-8-14-20,21-15-9-5-10-16-21)22-17-11-6-12-18-22;16-14(11-17)15(12-7-3-1-4-8-12)13-9-5-2-6-10-13/h4-18H,2-3,19H2,1H3;1-10,15,17H,11H2/q-1;/p+1. The quantitative estimate of drug-likeness (QED) is 0.148. The monoisotopic (exact) mass is 542 g/mol. The Hall–Kier alpha value is -3.82. The molecule has 0 fully saturated rings. The van der Waals surface area contributed by atoms with Crippen molar-refractivity contribution in [2.24, 2.45) is 0 Å². The fourth-order valence-electron chi connectivity index (χ4n) is 5.89. The normalized spacial score (nSPS) is 11.0. The number of carbonyl (C=O) groups is 1. The van der Waals surface area contributed by atoms with Crippen LogP contribution < -0.4 is 16.4 Å². The summed E-state index contributed by atoms with van der Waals surface area (Å²) in [5, 5.41) is 0. The third-order valence-electron chi connectivity index (χ3n) is 7.86. The first kappa shape index (κ1) is 29.2. The van der Waals surface area contributed by atoms with Crippen molar-refractivity contribution in [2.45, 2.75) is 32.0 Å². The minimum Gasteiger partial charge on any atom is -0.293 e. The van der Waals surface area contributed by atoms with E-state index in [-0.39, 0.29) is 11.7 Å². The van der Waals surface area contributed by atoms with Crippen molar-refractivity contribution in [2.75, 3.05) is 5.75 Å². The van der Waals surface area contributed by atoms with E-state index in [1.165, 1.54) is 35.6 Å². The Bertz CT molecular complexity index is 1270. The highest BCUT2D eigenvalue weighted by Gasteiger charge is 2.28. The summed E-state index contributed by atoms with van der Waals surface area (Å²) in [6.45, 7) is 2.28. The lowest BCUT2D eigenvalue weighted by Crippen LogP contribution is -2.66. The molecule has 0 saturated carbocycles. The van der Waals surface area contributed by atoms with Crippen molar-refractivity contribution in [3.63, 3.8) is 0 Å². The van der Waals surface area contributed by atoms with Crippen LogP contribution in [0.15, 0.2) is 152 Å². The summed E-state index contributed by atoms with van der Waals surface area (Å²) in [4.78, 5) is 12.1. The lowest BCUT2D eigenvalue weighted by atomic mass is 9.14. The lowest BCUT2D eigenvalue weighted by Gasteiger charge is -2.43. The first-order chi connectivity index (χ1) is 19.7. The molecule has 0 aliphatic carbocycles. The van der Waals surface area contributed by atoms with Crippen LogP contribution in [0.3, 0.4) is 0 Å². The molecular weight excluding hydrogens is 503 g/mol. The number of carbonyl (C=O) groups excluding carboxylic acids is 1. The highest BCUT2D eigenvalue weighted by Crippen LogP contribution is 2.25. The molecule has 5 aromatic rings. The third kappa shape index (κ3) is 7.03. The van der Waals surface area contributed by atoms with E-state index >= 15 is 0 Å². The number of hydrogen-bond acceptors (Lipinski definition) is 1. The van der Waals surface area contributed by atoms with Gasteiger partial charge in [-0.3, -0.25) is 4.79 Å². The summed E-state index contributed by atoms with van der Waals surface area (Å²) in [5.74, 6) is 0.378. The van der Waals surface area contributed by atoms with Gasteiger partial charge < -0.3 is 0 Å². The summed E-state index contributed by atoms with van der Waals surface area (Å²) >= 11 is 3.31. The SMILES string of the molecule is CCCC[B-](c1ccccc1)(c1ccccc1)c1ccccc1.O=C(C[SH2+])C(c1ccccc1)c1ccccc1. The second-order valence-corrected chi connectivity index (χ2v) is 10.7. The molecule has 5 aromatic carbocycles. The first-order valence-corrected chi connectivity index (χ1v) is 15.0. The average molecular weight is 543 g/mol. The van der Waals surface area contributed by atoms with Gasteiger partial charge >= 0.3 is 0 Å². The van der Waals surface area contributed by atoms with E-state index in [2.05, 4.69) is 111 Å². The zero-order valence-electron chi connectivity index (χ0n) is 23.3. The van der Waals surface area contributed by atoms with Crippen LogP contribution in [0.1, 0.15) is 36.8 Å². The molecule has 202 valence electrons. The van der Waals surface area contributed by atoms with Gasteiger partial charge in [-0.15, -0.1) is 0 Å². The Morgan fingerprint density at radius 2 is 0.900 bits per heavy atom. The number of hydrogen-bond donors (Lipinski definition) is 0. The zero-order valence-corrected chi connectivity index (χ0v) is 24.3. The molecule has 3 heteroatoms. The Morgan fingerprint density at radius 3 is 1.20 bits per heavy atom. The highest BCUT2D eigenvalue weighted by atomic mass is 32.1. The molecule has 0 saturated heterocycles. The molecule has 5 rings (SSSR count). The first-order valence-electron chi connectivity index (χ1n) is 14.3. The Kier molecular flexibility index (Phi) is 11.0. The molecule has 0 heterocycles. The van der Waals surface area contributed by atoms with Crippen LogP contribution in [-0.2, 0) is 17.4 Å². The van der Waals surface area contributed by atoms with Crippen molar-refractivity contribution >= 4 is 40.9 Å². The van der Waals surface area contributed by atoms with Gasteiger partial charge in [0.05, 0.1) is 12.1 Å². The second kappa shape index (κ2) is 15.1. The van der Waals surface area contributed by atoms with E-state index in [0.29, 0.717) is 5.75 Å². The maximum atomic E-state index is 12.1. The number of unbranched alkanes of at least 4 members (excludes halogenated alkanes) is 1. The summed E-state index contributed by atoms with van der Waals surface area (Å²) in [5.41, 5.74) is 6.42. The Labute approximate surface area is 245 Å². The topological polar surface area (TPSA) is 17.1 Å². The predicted molar refractivity (Wildman–Crippen MR) is 178 cm³/mol. The molecular formula is C37H39BOS. The van der Waals surface area contributed by atoms with E-state index in [0.717, 1.165) is 11.1 Å². The van der Waals surface area contributed by atoms with Gasteiger partial charge in [0.2, 0.25) is 0 Å². The van der Waals surface area contributed by atoms with E-state index in [1.807, 2.05) is 60.7 Å². The van der Waals surface area contributed by atoms with Crippen molar-refractivity contribution in [1.82, 2.24) is 0 Å². The lowest BCUT2D eigenvalue weighted by molar-refractivity contribution is -0.117. The molecule has 0 amide bonds. The van der Waals surface area contributed by atoms with E-state index < -0.39 is 6.15 Å². The highest BCUT2D eigenvalue weighted by molar-refractivity contribution is 7.59. The number of ketones is 1. The predicted octanol–water partition coefficient (Wildman–Crippen LogP) is 6.36. The van der Waals surface area contributed by atoms with Crippen molar-refractivity contribution in [3.8, 4) is 0 Å². The molecule has 0 aliphatic rings. The molecule has 0 atom stereocenters. The summed E-state index contributed by atoms with van der Waals surface area (Å²) < 4.78 is 0. The molecule has 0 bridgehead atoms. The second-order valence-electron chi connectivity index (χ2n) is 10.3. The van der Waals surface area contributed by atoms with Crippen LogP contribution in [0.4, 0.5) is 0 Å². The van der Waals surface area contributed by atoms with Gasteiger partial charge in [-0.2, -0.15) is 22.7 Å². The Balaban J connectivity index is 0.000000194. The van der Waals surface area contributed by atoms with Gasteiger partial charge in [0.15, 0.2) is 11.5 Å². The molecule has 0 radical (unpaired) electrons. The maximum absolute atomic E-state index is 12.1. The van der Waals surface area contributed by atoms with E-state index in [4.69, 9.17) is 0 Å². The van der Waals surface area contributed by atoms with Gasteiger partial charge in [0, 0.05) is 0 Å². The summed E-state index contributed by atoms with van der Waals surface area (Å²) in [7, 11) is 0. The van der Waals surface area contributed by atoms with Gasteiger partial charge in [0.25, 0.3) is 0 Å². The van der Waals surface area contributed by atoms with Crippen molar-refractivity contribution in [1.29, 1.82) is 0 Å². The van der Waals surface area contributed by atoms with Crippen LogP contribution in [0.2, 0.25) is 6.32 Å². The number of rotatable bonds is 10.